The fraction of sp³-hybridized carbons (Fsp3) is 0.214. The number of ether oxygens (including phenoxy) is 2. The fourth-order valence-electron chi connectivity index (χ4n) is 1.65. The van der Waals surface area contributed by atoms with Crippen LogP contribution in [-0.2, 0) is 9.59 Å². The van der Waals surface area contributed by atoms with Crippen molar-refractivity contribution < 1.29 is 19.1 Å². The molecule has 1 aliphatic rings. The quantitative estimate of drug-likeness (QED) is 0.484. The van der Waals surface area contributed by atoms with Crippen molar-refractivity contribution in [2.75, 3.05) is 13.4 Å². The molecule has 0 aromatic heterocycles. The van der Waals surface area contributed by atoms with Gasteiger partial charge in [0.1, 0.15) is 10.1 Å². The number of rotatable bonds is 3. The van der Waals surface area contributed by atoms with Crippen LogP contribution in [0.2, 0.25) is 0 Å². The summed E-state index contributed by atoms with van der Waals surface area (Å²) in [5.41, 5.74) is 1.09. The first kappa shape index (κ1) is 15.7. The monoisotopic (exact) mass is 323 g/mol. The number of aliphatic imine (C=N–C) groups is 1. The first-order chi connectivity index (χ1) is 10.0. The minimum Gasteiger partial charge on any atom is -0.493 e. The molecule has 0 saturated carbocycles. The molecule has 0 saturated heterocycles. The van der Waals surface area contributed by atoms with E-state index in [4.69, 9.17) is 9.47 Å². The van der Waals surface area contributed by atoms with Gasteiger partial charge in [-0.3, -0.25) is 9.59 Å². The summed E-state index contributed by atoms with van der Waals surface area (Å²) < 4.78 is 10.9. The largest absolute Gasteiger partial charge is 0.493 e. The van der Waals surface area contributed by atoms with E-state index in [2.05, 4.69) is 4.99 Å². The second-order valence-corrected chi connectivity index (χ2v) is 6.02. The maximum atomic E-state index is 11.8. The molecule has 0 aliphatic carbocycles. The van der Waals surface area contributed by atoms with Crippen LogP contribution >= 0.6 is 23.5 Å². The van der Waals surface area contributed by atoms with Gasteiger partial charge in [-0.15, -0.1) is 11.8 Å². The van der Waals surface area contributed by atoms with Gasteiger partial charge in [0.2, 0.25) is 5.12 Å². The molecule has 0 atom stereocenters. The highest BCUT2D eigenvalue weighted by Crippen LogP contribution is 2.32. The van der Waals surface area contributed by atoms with Gasteiger partial charge < -0.3 is 9.47 Å². The van der Waals surface area contributed by atoms with Gasteiger partial charge in [0.25, 0.3) is 0 Å². The van der Waals surface area contributed by atoms with E-state index in [-0.39, 0.29) is 5.12 Å². The molecule has 21 heavy (non-hydrogen) atoms. The van der Waals surface area contributed by atoms with Gasteiger partial charge in [-0.25, -0.2) is 4.99 Å². The lowest BCUT2D eigenvalue weighted by Crippen LogP contribution is -2.03. The van der Waals surface area contributed by atoms with Gasteiger partial charge in [0.15, 0.2) is 11.5 Å². The standard InChI is InChI=1S/C14H13NO4S2/c1-8(16)19-12-7-9(4-5-11(12)18-2)6-10-13(17)21-14(15-10)20-3/h4-7H,1-3H3. The number of nitrogens with zero attached hydrogens (tertiary/aromatic N) is 1. The summed E-state index contributed by atoms with van der Waals surface area (Å²) in [4.78, 5) is 27.1. The third-order valence-electron chi connectivity index (χ3n) is 2.52. The van der Waals surface area contributed by atoms with E-state index < -0.39 is 5.97 Å². The van der Waals surface area contributed by atoms with Gasteiger partial charge in [-0.2, -0.15) is 0 Å². The Labute approximate surface area is 130 Å². The zero-order valence-corrected chi connectivity index (χ0v) is 13.3. The highest BCUT2D eigenvalue weighted by Gasteiger charge is 2.21. The van der Waals surface area contributed by atoms with E-state index >= 15 is 0 Å². The predicted octanol–water partition coefficient (Wildman–Crippen LogP) is 2.95. The highest BCUT2D eigenvalue weighted by atomic mass is 32.2. The highest BCUT2D eigenvalue weighted by molar-refractivity contribution is 8.45. The van der Waals surface area contributed by atoms with Crippen molar-refractivity contribution in [2.24, 2.45) is 4.99 Å². The molecular weight excluding hydrogens is 310 g/mol. The van der Waals surface area contributed by atoms with E-state index in [1.807, 2.05) is 6.26 Å². The first-order valence-corrected chi connectivity index (χ1v) is 8.00. The SMILES string of the molecule is COc1ccc(C=C2N=C(SC)SC2=O)cc1OC(C)=O. The van der Waals surface area contributed by atoms with Crippen molar-refractivity contribution in [3.05, 3.63) is 29.5 Å². The van der Waals surface area contributed by atoms with Crippen molar-refractivity contribution in [1.82, 2.24) is 0 Å². The molecule has 110 valence electrons. The van der Waals surface area contributed by atoms with E-state index in [0.29, 0.717) is 22.8 Å². The minimum atomic E-state index is -0.437. The van der Waals surface area contributed by atoms with Crippen LogP contribution in [0.1, 0.15) is 12.5 Å². The van der Waals surface area contributed by atoms with Gasteiger partial charge >= 0.3 is 5.97 Å². The van der Waals surface area contributed by atoms with E-state index in [9.17, 15) is 9.59 Å². The second-order valence-electron chi connectivity index (χ2n) is 4.00. The van der Waals surface area contributed by atoms with E-state index in [0.717, 1.165) is 16.1 Å². The number of hydrogen-bond acceptors (Lipinski definition) is 7. The van der Waals surface area contributed by atoms with Crippen LogP contribution in [0.4, 0.5) is 0 Å². The number of hydrogen-bond donors (Lipinski definition) is 0. The third-order valence-corrected chi connectivity index (χ3v) is 4.37. The Bertz CT molecular complexity index is 652. The Balaban J connectivity index is 2.35. The Hall–Kier alpha value is -1.73. The van der Waals surface area contributed by atoms with Crippen molar-refractivity contribution >= 4 is 45.1 Å². The molecule has 2 rings (SSSR count). The molecule has 1 heterocycles. The lowest BCUT2D eigenvalue weighted by atomic mass is 10.1. The molecule has 0 spiro atoms. The van der Waals surface area contributed by atoms with E-state index in [1.165, 1.54) is 25.8 Å². The number of esters is 1. The average molecular weight is 323 g/mol. The molecule has 0 radical (unpaired) electrons. The second kappa shape index (κ2) is 6.82. The molecule has 0 fully saturated rings. The number of benzene rings is 1. The molecular formula is C14H13NO4S2. The van der Waals surface area contributed by atoms with E-state index in [1.54, 1.807) is 24.3 Å². The van der Waals surface area contributed by atoms with Gasteiger partial charge in [0.05, 0.1) is 7.11 Å². The van der Waals surface area contributed by atoms with Crippen LogP contribution in [0, 0.1) is 0 Å². The van der Waals surface area contributed by atoms with Crippen LogP contribution in [0.15, 0.2) is 28.9 Å². The number of carbonyl (C=O) groups excluding carboxylic acids is 2. The molecule has 7 heteroatoms. The predicted molar refractivity (Wildman–Crippen MR) is 85.8 cm³/mol. The summed E-state index contributed by atoms with van der Waals surface area (Å²) in [7, 11) is 1.49. The number of thioether (sulfide) groups is 2. The Kier molecular flexibility index (Phi) is 5.08. The zero-order valence-electron chi connectivity index (χ0n) is 11.7. The molecule has 1 aromatic carbocycles. The molecule has 5 nitrogen and oxygen atoms in total. The van der Waals surface area contributed by atoms with Crippen LogP contribution in [0.25, 0.3) is 6.08 Å². The fourth-order valence-corrected chi connectivity index (χ4v) is 2.91. The third kappa shape index (κ3) is 3.89. The lowest BCUT2D eigenvalue weighted by Gasteiger charge is -2.08. The van der Waals surface area contributed by atoms with Crippen molar-refractivity contribution in [1.29, 1.82) is 0 Å². The van der Waals surface area contributed by atoms with Gasteiger partial charge in [-0.1, -0.05) is 6.07 Å². The Morgan fingerprint density at radius 2 is 2.14 bits per heavy atom. The smallest absolute Gasteiger partial charge is 0.308 e. The van der Waals surface area contributed by atoms with Crippen molar-refractivity contribution in [3.63, 3.8) is 0 Å². The van der Waals surface area contributed by atoms with Crippen LogP contribution < -0.4 is 9.47 Å². The Morgan fingerprint density at radius 1 is 1.38 bits per heavy atom. The van der Waals surface area contributed by atoms with Crippen LogP contribution in [0.5, 0.6) is 11.5 Å². The lowest BCUT2D eigenvalue weighted by molar-refractivity contribution is -0.132. The topological polar surface area (TPSA) is 65.0 Å². The molecule has 0 amide bonds. The molecule has 0 N–H and O–H groups in total. The zero-order chi connectivity index (χ0) is 15.4. The molecule has 1 aliphatic heterocycles. The van der Waals surface area contributed by atoms with Crippen LogP contribution in [-0.4, -0.2) is 28.8 Å². The maximum absolute atomic E-state index is 11.8. The normalized spacial score (nSPS) is 16.0. The molecule has 0 bridgehead atoms. The summed E-state index contributed by atoms with van der Waals surface area (Å²) in [6.45, 7) is 1.32. The van der Waals surface area contributed by atoms with Crippen molar-refractivity contribution in [3.8, 4) is 11.5 Å². The van der Waals surface area contributed by atoms with Gasteiger partial charge in [0, 0.05) is 6.92 Å². The van der Waals surface area contributed by atoms with Crippen LogP contribution in [0.3, 0.4) is 0 Å². The maximum Gasteiger partial charge on any atom is 0.308 e. The average Bonchev–Trinajstić information content (AvgIpc) is 2.79. The minimum absolute atomic E-state index is 0.0933. The number of methoxy groups -OCH3 is 1. The Morgan fingerprint density at radius 3 is 2.71 bits per heavy atom. The number of carbonyl (C=O) groups is 2. The van der Waals surface area contributed by atoms with Crippen molar-refractivity contribution in [2.45, 2.75) is 6.92 Å². The summed E-state index contributed by atoms with van der Waals surface area (Å²) in [5, 5.41) is -0.0933. The molecule has 1 aromatic rings. The summed E-state index contributed by atoms with van der Waals surface area (Å²) in [6.07, 6.45) is 3.53. The molecule has 0 unspecified atom stereocenters. The summed E-state index contributed by atoms with van der Waals surface area (Å²) >= 11 is 2.54. The summed E-state index contributed by atoms with van der Waals surface area (Å²) in [6, 6.07) is 5.08. The summed E-state index contributed by atoms with van der Waals surface area (Å²) in [5.74, 6) is 0.326. The van der Waals surface area contributed by atoms with Gasteiger partial charge in [-0.05, 0) is 41.8 Å². The first-order valence-electron chi connectivity index (χ1n) is 5.96.